The van der Waals surface area contributed by atoms with Gasteiger partial charge in [0.05, 0.1) is 25.5 Å². The first-order valence-electron chi connectivity index (χ1n) is 7.47. The number of hydrogen-bond acceptors (Lipinski definition) is 5. The second-order valence-electron chi connectivity index (χ2n) is 5.44. The summed E-state index contributed by atoms with van der Waals surface area (Å²) in [5.41, 5.74) is 4.16. The minimum Gasteiger partial charge on any atom is -0.493 e. The SMILES string of the molecule is COc1ccc(-c2cc3c(nn2)-c2ccccc2C3=O)cc1OC. The third-order valence-electron chi connectivity index (χ3n) is 4.14. The summed E-state index contributed by atoms with van der Waals surface area (Å²) in [6, 6.07) is 14.7. The Hall–Kier alpha value is -3.21. The van der Waals surface area contributed by atoms with Gasteiger partial charge in [0.2, 0.25) is 0 Å². The second kappa shape index (κ2) is 5.45. The average molecular weight is 318 g/mol. The molecule has 0 aliphatic heterocycles. The number of benzene rings is 2. The van der Waals surface area contributed by atoms with Crippen molar-refractivity contribution in [2.24, 2.45) is 0 Å². The van der Waals surface area contributed by atoms with E-state index in [0.29, 0.717) is 34.0 Å². The number of nitrogens with zero attached hydrogens (tertiary/aromatic N) is 2. The molecule has 5 nitrogen and oxygen atoms in total. The van der Waals surface area contributed by atoms with Crippen molar-refractivity contribution in [2.45, 2.75) is 0 Å². The van der Waals surface area contributed by atoms with E-state index in [4.69, 9.17) is 9.47 Å². The molecule has 0 fully saturated rings. The van der Waals surface area contributed by atoms with Gasteiger partial charge < -0.3 is 9.47 Å². The van der Waals surface area contributed by atoms with Crippen molar-refractivity contribution in [1.29, 1.82) is 0 Å². The zero-order chi connectivity index (χ0) is 16.7. The van der Waals surface area contributed by atoms with Crippen LogP contribution >= 0.6 is 0 Å². The molecule has 0 saturated heterocycles. The van der Waals surface area contributed by atoms with E-state index in [1.165, 1.54) is 0 Å². The van der Waals surface area contributed by atoms with Crippen molar-refractivity contribution in [2.75, 3.05) is 14.2 Å². The van der Waals surface area contributed by atoms with Crippen LogP contribution in [0.5, 0.6) is 11.5 Å². The summed E-state index contributed by atoms with van der Waals surface area (Å²) in [4.78, 5) is 12.6. The Balaban J connectivity index is 1.82. The number of fused-ring (bicyclic) bond motifs is 3. The number of carbonyl (C=O) groups excluding carboxylic acids is 1. The standard InChI is InChI=1S/C19H14N2O3/c1-23-16-8-7-11(9-17(16)24-2)15-10-14-18(21-20-15)12-5-3-4-6-13(12)19(14)22/h3-10H,1-2H3. The zero-order valence-corrected chi connectivity index (χ0v) is 13.2. The maximum Gasteiger partial charge on any atom is 0.196 e. The smallest absolute Gasteiger partial charge is 0.196 e. The zero-order valence-electron chi connectivity index (χ0n) is 13.2. The number of methoxy groups -OCH3 is 2. The normalized spacial score (nSPS) is 11.8. The lowest BCUT2D eigenvalue weighted by Gasteiger charge is -2.09. The van der Waals surface area contributed by atoms with Gasteiger partial charge in [0.1, 0.15) is 5.69 Å². The van der Waals surface area contributed by atoms with Crippen molar-refractivity contribution in [3.63, 3.8) is 0 Å². The minimum atomic E-state index is -0.0165. The molecule has 0 saturated carbocycles. The largest absolute Gasteiger partial charge is 0.493 e. The molecule has 4 rings (SSSR count). The molecule has 0 N–H and O–H groups in total. The van der Waals surface area contributed by atoms with Gasteiger partial charge in [-0.3, -0.25) is 4.79 Å². The summed E-state index contributed by atoms with van der Waals surface area (Å²) in [5.74, 6) is 1.22. The van der Waals surface area contributed by atoms with Crippen LogP contribution in [0.4, 0.5) is 0 Å². The Bertz CT molecular complexity index is 967. The van der Waals surface area contributed by atoms with Crippen LogP contribution in [0.1, 0.15) is 15.9 Å². The third-order valence-corrected chi connectivity index (χ3v) is 4.14. The predicted molar refractivity (Wildman–Crippen MR) is 89.4 cm³/mol. The van der Waals surface area contributed by atoms with Crippen LogP contribution in [-0.2, 0) is 0 Å². The Morgan fingerprint density at radius 3 is 2.29 bits per heavy atom. The topological polar surface area (TPSA) is 61.3 Å². The maximum atomic E-state index is 12.6. The van der Waals surface area contributed by atoms with E-state index < -0.39 is 0 Å². The lowest BCUT2D eigenvalue weighted by atomic mass is 10.1. The van der Waals surface area contributed by atoms with E-state index in [2.05, 4.69) is 10.2 Å². The van der Waals surface area contributed by atoms with Crippen LogP contribution in [-0.4, -0.2) is 30.2 Å². The molecule has 0 bridgehead atoms. The number of aromatic nitrogens is 2. The van der Waals surface area contributed by atoms with Gasteiger partial charge in [-0.2, -0.15) is 0 Å². The molecule has 24 heavy (non-hydrogen) atoms. The molecule has 0 spiro atoms. The first-order chi connectivity index (χ1) is 11.7. The predicted octanol–water partition coefficient (Wildman–Crippen LogP) is 3.37. The average Bonchev–Trinajstić information content (AvgIpc) is 2.93. The highest BCUT2D eigenvalue weighted by atomic mass is 16.5. The molecule has 0 amide bonds. The number of ether oxygens (including phenoxy) is 2. The molecule has 1 aromatic heterocycles. The first kappa shape index (κ1) is 14.4. The lowest BCUT2D eigenvalue weighted by Crippen LogP contribution is -1.98. The molecule has 1 aliphatic rings. The van der Waals surface area contributed by atoms with Crippen molar-refractivity contribution < 1.29 is 14.3 Å². The van der Waals surface area contributed by atoms with Crippen LogP contribution < -0.4 is 9.47 Å². The van der Waals surface area contributed by atoms with Gasteiger partial charge in [-0.25, -0.2) is 0 Å². The van der Waals surface area contributed by atoms with Crippen molar-refractivity contribution in [3.8, 4) is 34.0 Å². The molecular formula is C19H14N2O3. The molecule has 3 aromatic rings. The van der Waals surface area contributed by atoms with Crippen LogP contribution in [0.25, 0.3) is 22.5 Å². The van der Waals surface area contributed by atoms with E-state index in [0.717, 1.165) is 11.1 Å². The van der Waals surface area contributed by atoms with Gasteiger partial charge in [-0.1, -0.05) is 24.3 Å². The number of ketones is 1. The highest BCUT2D eigenvalue weighted by Crippen LogP contribution is 2.37. The molecular weight excluding hydrogens is 304 g/mol. The Kier molecular flexibility index (Phi) is 3.27. The van der Waals surface area contributed by atoms with E-state index in [1.54, 1.807) is 26.4 Å². The Morgan fingerprint density at radius 1 is 0.792 bits per heavy atom. The quantitative estimate of drug-likeness (QED) is 0.579. The van der Waals surface area contributed by atoms with Crippen LogP contribution in [0.3, 0.4) is 0 Å². The first-order valence-corrected chi connectivity index (χ1v) is 7.47. The van der Waals surface area contributed by atoms with Gasteiger partial charge in [-0.15, -0.1) is 10.2 Å². The molecule has 2 aromatic carbocycles. The van der Waals surface area contributed by atoms with Crippen molar-refractivity contribution in [1.82, 2.24) is 10.2 Å². The monoisotopic (exact) mass is 318 g/mol. The minimum absolute atomic E-state index is 0.0165. The van der Waals surface area contributed by atoms with Crippen molar-refractivity contribution >= 4 is 5.78 Å². The molecule has 5 heteroatoms. The third kappa shape index (κ3) is 2.06. The summed E-state index contributed by atoms with van der Waals surface area (Å²) in [7, 11) is 3.17. The summed E-state index contributed by atoms with van der Waals surface area (Å²) < 4.78 is 10.6. The van der Waals surface area contributed by atoms with E-state index in [-0.39, 0.29) is 5.78 Å². The molecule has 1 aliphatic carbocycles. The van der Waals surface area contributed by atoms with Gasteiger partial charge in [0, 0.05) is 16.7 Å². The number of carbonyl (C=O) groups is 1. The number of hydrogen-bond donors (Lipinski definition) is 0. The highest BCUT2D eigenvalue weighted by molar-refractivity contribution is 6.21. The van der Waals surface area contributed by atoms with Gasteiger partial charge in [0.25, 0.3) is 0 Å². The number of rotatable bonds is 3. The fourth-order valence-electron chi connectivity index (χ4n) is 2.93. The van der Waals surface area contributed by atoms with Gasteiger partial charge >= 0.3 is 0 Å². The van der Waals surface area contributed by atoms with Gasteiger partial charge in [0.15, 0.2) is 17.3 Å². The highest BCUT2D eigenvalue weighted by Gasteiger charge is 2.28. The van der Waals surface area contributed by atoms with E-state index >= 15 is 0 Å². The molecule has 0 unspecified atom stereocenters. The molecule has 0 atom stereocenters. The lowest BCUT2D eigenvalue weighted by molar-refractivity contribution is 0.104. The van der Waals surface area contributed by atoms with Gasteiger partial charge in [-0.05, 0) is 24.3 Å². The molecule has 118 valence electrons. The van der Waals surface area contributed by atoms with E-state index in [9.17, 15) is 4.79 Å². The van der Waals surface area contributed by atoms with Crippen LogP contribution in [0.15, 0.2) is 48.5 Å². The Labute approximate surface area is 138 Å². The summed E-state index contributed by atoms with van der Waals surface area (Å²) in [6.45, 7) is 0. The summed E-state index contributed by atoms with van der Waals surface area (Å²) in [6.07, 6.45) is 0. The van der Waals surface area contributed by atoms with Crippen molar-refractivity contribution in [3.05, 3.63) is 59.7 Å². The second-order valence-corrected chi connectivity index (χ2v) is 5.44. The fraction of sp³-hybridized carbons (Fsp3) is 0.105. The molecule has 1 heterocycles. The van der Waals surface area contributed by atoms with Crippen LogP contribution in [0.2, 0.25) is 0 Å². The summed E-state index contributed by atoms with van der Waals surface area (Å²) in [5, 5.41) is 8.57. The van der Waals surface area contributed by atoms with E-state index in [1.807, 2.05) is 36.4 Å². The molecule has 0 radical (unpaired) electrons. The maximum absolute atomic E-state index is 12.6. The van der Waals surface area contributed by atoms with Crippen LogP contribution in [0, 0.1) is 0 Å². The summed E-state index contributed by atoms with van der Waals surface area (Å²) >= 11 is 0. The Morgan fingerprint density at radius 2 is 1.54 bits per heavy atom. The fourth-order valence-corrected chi connectivity index (χ4v) is 2.93.